The second kappa shape index (κ2) is 18.7. The summed E-state index contributed by atoms with van der Waals surface area (Å²) in [5, 5.41) is 3.23. The van der Waals surface area contributed by atoms with Crippen LogP contribution in [0.5, 0.6) is 0 Å². The second-order valence-electron chi connectivity index (χ2n) is 9.49. The van der Waals surface area contributed by atoms with E-state index in [1.165, 1.54) is 56.9 Å². The molecular weight excluding hydrogens is 410 g/mol. The van der Waals surface area contributed by atoms with Gasteiger partial charge >= 0.3 is 5.97 Å². The molecule has 0 bridgehead atoms. The third-order valence-corrected chi connectivity index (χ3v) is 6.64. The topological polar surface area (TPSA) is 55.4 Å². The predicted octanol–water partition coefficient (Wildman–Crippen LogP) is 7.15. The number of nitrogens with one attached hydrogen (secondary N) is 1. The average Bonchev–Trinajstić information content (AvgIpc) is 2.83. The molecule has 0 fully saturated rings. The van der Waals surface area contributed by atoms with E-state index in [0.29, 0.717) is 19.4 Å². The van der Waals surface area contributed by atoms with E-state index in [9.17, 15) is 9.59 Å². The molecule has 0 amide bonds. The zero-order valence-corrected chi connectivity index (χ0v) is 21.6. The minimum absolute atomic E-state index is 0.0805. The Hall–Kier alpha value is -1.68. The molecule has 0 aliphatic rings. The predicted molar refractivity (Wildman–Crippen MR) is 139 cm³/mol. The van der Waals surface area contributed by atoms with E-state index in [4.69, 9.17) is 4.74 Å². The number of unbranched alkanes of at least 4 members (excludes halogenated alkanes) is 9. The Morgan fingerprint density at radius 2 is 1.39 bits per heavy atom. The number of esters is 1. The van der Waals surface area contributed by atoms with Crippen molar-refractivity contribution in [1.82, 2.24) is 5.32 Å². The molecule has 1 N–H and O–H groups in total. The lowest BCUT2D eigenvalue weighted by Gasteiger charge is -2.35. The molecule has 33 heavy (non-hydrogen) atoms. The summed E-state index contributed by atoms with van der Waals surface area (Å²) in [5.74, 6) is -0.448. The Kier molecular flexibility index (Phi) is 16.6. The van der Waals surface area contributed by atoms with E-state index < -0.39 is 12.0 Å². The van der Waals surface area contributed by atoms with Gasteiger partial charge in [0.15, 0.2) is 6.04 Å². The molecule has 4 heteroatoms. The van der Waals surface area contributed by atoms with Crippen LogP contribution in [0.2, 0.25) is 0 Å². The Balaban J connectivity index is 2.39. The molecular formula is C29H49NO3. The lowest BCUT2D eigenvalue weighted by atomic mass is 9.73. The number of carbonyl (C=O) groups is 2. The molecule has 0 aliphatic heterocycles. The van der Waals surface area contributed by atoms with Crippen molar-refractivity contribution in [2.24, 2.45) is 0 Å². The minimum Gasteiger partial charge on any atom is -0.464 e. The fourth-order valence-electron chi connectivity index (χ4n) is 4.79. The first-order chi connectivity index (χ1) is 16.1. The second-order valence-corrected chi connectivity index (χ2v) is 9.49. The van der Waals surface area contributed by atoms with E-state index >= 15 is 0 Å². The Labute approximate surface area is 203 Å². The van der Waals surface area contributed by atoms with Gasteiger partial charge in [0.05, 0.1) is 6.61 Å². The van der Waals surface area contributed by atoms with Gasteiger partial charge in [0.1, 0.15) is 6.29 Å². The van der Waals surface area contributed by atoms with Crippen LogP contribution in [0.15, 0.2) is 30.3 Å². The largest absolute Gasteiger partial charge is 0.464 e. The van der Waals surface area contributed by atoms with E-state index in [0.717, 1.165) is 38.5 Å². The summed E-state index contributed by atoms with van der Waals surface area (Å²) in [5.41, 5.74) is 1.19. The van der Waals surface area contributed by atoms with Gasteiger partial charge in [0, 0.05) is 12.0 Å². The van der Waals surface area contributed by atoms with E-state index in [1.807, 2.05) is 6.07 Å². The Bertz CT molecular complexity index is 611. The van der Waals surface area contributed by atoms with Gasteiger partial charge in [-0.25, -0.2) is 4.79 Å². The number of aldehydes is 1. The standard InChI is InChI=1S/C29H49NO3/c1-4-7-8-9-10-11-12-13-14-18-23-33-28(32)27(24-31)30-25-29(21-5-2,22-6-3)26-19-16-15-17-20-26/h15-17,19-20,24,27,30H,4-14,18,21-23,25H2,1-3H3. The van der Waals surface area contributed by atoms with Crippen molar-refractivity contribution >= 4 is 12.3 Å². The average molecular weight is 460 g/mol. The lowest BCUT2D eigenvalue weighted by molar-refractivity contribution is -0.147. The van der Waals surface area contributed by atoms with Crippen LogP contribution < -0.4 is 5.32 Å². The van der Waals surface area contributed by atoms with Crippen molar-refractivity contribution in [3.05, 3.63) is 35.9 Å². The van der Waals surface area contributed by atoms with Crippen molar-refractivity contribution in [1.29, 1.82) is 0 Å². The molecule has 188 valence electrons. The van der Waals surface area contributed by atoms with Crippen molar-refractivity contribution in [2.45, 2.75) is 122 Å². The number of rotatable bonds is 21. The zero-order valence-electron chi connectivity index (χ0n) is 21.6. The minimum atomic E-state index is -0.898. The molecule has 0 aromatic heterocycles. The van der Waals surface area contributed by atoms with Gasteiger partial charge in [-0.15, -0.1) is 0 Å². The van der Waals surface area contributed by atoms with Gasteiger partial charge in [-0.2, -0.15) is 0 Å². The Morgan fingerprint density at radius 1 is 0.848 bits per heavy atom. The highest BCUT2D eigenvalue weighted by Gasteiger charge is 2.32. The SMILES string of the molecule is CCCCCCCCCCCCOC(=O)C(C=O)NCC(CCC)(CCC)c1ccccc1. The van der Waals surface area contributed by atoms with Crippen LogP contribution in [0.1, 0.15) is 116 Å². The molecule has 1 atom stereocenters. The highest BCUT2D eigenvalue weighted by molar-refractivity contribution is 5.92. The maximum atomic E-state index is 12.5. The fourth-order valence-corrected chi connectivity index (χ4v) is 4.79. The molecule has 0 aliphatic carbocycles. The molecule has 0 spiro atoms. The van der Waals surface area contributed by atoms with Crippen LogP contribution >= 0.6 is 0 Å². The van der Waals surface area contributed by atoms with Crippen LogP contribution in [-0.2, 0) is 19.7 Å². The molecule has 4 nitrogen and oxygen atoms in total. The van der Waals surface area contributed by atoms with Crippen LogP contribution in [-0.4, -0.2) is 31.4 Å². The maximum Gasteiger partial charge on any atom is 0.330 e. The summed E-state index contributed by atoms with van der Waals surface area (Å²) in [6.45, 7) is 7.61. The molecule has 1 rings (SSSR count). The number of carbonyl (C=O) groups excluding carboxylic acids is 2. The van der Waals surface area contributed by atoms with Crippen molar-refractivity contribution in [2.75, 3.05) is 13.2 Å². The third-order valence-electron chi connectivity index (χ3n) is 6.64. The summed E-state index contributed by atoms with van der Waals surface area (Å²) in [4.78, 5) is 24.1. The molecule has 1 unspecified atom stereocenters. The number of benzene rings is 1. The van der Waals surface area contributed by atoms with Gasteiger partial charge in [-0.05, 0) is 24.8 Å². The highest BCUT2D eigenvalue weighted by Crippen LogP contribution is 2.34. The zero-order chi connectivity index (χ0) is 24.2. The van der Waals surface area contributed by atoms with Gasteiger partial charge < -0.3 is 9.53 Å². The summed E-state index contributed by atoms with van der Waals surface area (Å²) in [7, 11) is 0. The van der Waals surface area contributed by atoms with Crippen molar-refractivity contribution < 1.29 is 14.3 Å². The summed E-state index contributed by atoms with van der Waals surface area (Å²) < 4.78 is 5.43. The third kappa shape index (κ3) is 11.8. The van der Waals surface area contributed by atoms with Gasteiger partial charge in [-0.1, -0.05) is 122 Å². The number of ether oxygens (including phenoxy) is 1. The van der Waals surface area contributed by atoms with E-state index in [1.54, 1.807) is 0 Å². The molecule has 0 radical (unpaired) electrons. The molecule has 1 aromatic carbocycles. The first-order valence-corrected chi connectivity index (χ1v) is 13.5. The van der Waals surface area contributed by atoms with Crippen molar-refractivity contribution in [3.8, 4) is 0 Å². The van der Waals surface area contributed by atoms with E-state index in [2.05, 4.69) is 50.4 Å². The first-order valence-electron chi connectivity index (χ1n) is 13.5. The molecule has 0 heterocycles. The lowest BCUT2D eigenvalue weighted by Crippen LogP contribution is -2.47. The first kappa shape index (κ1) is 29.4. The van der Waals surface area contributed by atoms with Gasteiger partial charge in [0.2, 0.25) is 0 Å². The molecule has 0 saturated heterocycles. The van der Waals surface area contributed by atoms with Gasteiger partial charge in [-0.3, -0.25) is 5.32 Å². The number of hydrogen-bond donors (Lipinski definition) is 1. The smallest absolute Gasteiger partial charge is 0.330 e. The van der Waals surface area contributed by atoms with Crippen LogP contribution in [0.4, 0.5) is 0 Å². The van der Waals surface area contributed by atoms with Crippen LogP contribution in [0.3, 0.4) is 0 Å². The van der Waals surface area contributed by atoms with Crippen LogP contribution in [0.25, 0.3) is 0 Å². The highest BCUT2D eigenvalue weighted by atomic mass is 16.5. The summed E-state index contributed by atoms with van der Waals surface area (Å²) in [6.07, 6.45) is 17.2. The molecule has 0 saturated carbocycles. The normalized spacial score (nSPS) is 12.5. The van der Waals surface area contributed by atoms with Crippen LogP contribution in [0, 0.1) is 0 Å². The summed E-state index contributed by atoms with van der Waals surface area (Å²) in [6, 6.07) is 9.57. The molecule has 1 aromatic rings. The quantitative estimate of drug-likeness (QED) is 0.0918. The van der Waals surface area contributed by atoms with Crippen molar-refractivity contribution in [3.63, 3.8) is 0 Å². The number of hydrogen-bond acceptors (Lipinski definition) is 4. The monoisotopic (exact) mass is 459 g/mol. The van der Waals surface area contributed by atoms with E-state index in [-0.39, 0.29) is 5.41 Å². The van der Waals surface area contributed by atoms with Gasteiger partial charge in [0.25, 0.3) is 0 Å². The summed E-state index contributed by atoms with van der Waals surface area (Å²) >= 11 is 0. The Morgan fingerprint density at radius 3 is 1.91 bits per heavy atom. The maximum absolute atomic E-state index is 12.5. The fraction of sp³-hybridized carbons (Fsp3) is 0.724.